The maximum absolute atomic E-state index is 13.7. The number of aliphatic hydroxyl groups excluding tert-OH is 1. The largest absolute Gasteiger partial charge is 0.507 e. The molecule has 1 saturated heterocycles. The lowest BCUT2D eigenvalue weighted by Crippen LogP contribution is -2.29. The minimum atomic E-state index is -1.15. The number of methoxy groups -OCH3 is 5. The Bertz CT molecular complexity index is 1390. The van der Waals surface area contributed by atoms with Crippen LogP contribution in [0.25, 0.3) is 5.76 Å². The highest BCUT2D eigenvalue weighted by molar-refractivity contribution is 6.51. The molecule has 9 nitrogen and oxygen atoms in total. The fraction of sp³-hybridized carbons (Fsp3) is 0.214. The molecule has 0 aliphatic carbocycles. The van der Waals surface area contributed by atoms with E-state index in [4.69, 9.17) is 23.7 Å². The lowest BCUT2D eigenvalue weighted by Gasteiger charge is -2.26. The molecule has 3 aromatic carbocycles. The lowest BCUT2D eigenvalue weighted by molar-refractivity contribution is -0.132. The van der Waals surface area contributed by atoms with Crippen molar-refractivity contribution < 1.29 is 42.8 Å². The van der Waals surface area contributed by atoms with Gasteiger partial charge in [0.25, 0.3) is 11.7 Å². The van der Waals surface area contributed by atoms with Gasteiger partial charge >= 0.3 is 0 Å². The maximum atomic E-state index is 13.7. The van der Waals surface area contributed by atoms with Crippen LogP contribution in [0.4, 0.5) is 10.1 Å². The molecule has 198 valence electrons. The quantitative estimate of drug-likeness (QED) is 0.262. The van der Waals surface area contributed by atoms with Crippen LogP contribution in [0.2, 0.25) is 0 Å². The van der Waals surface area contributed by atoms with Crippen molar-refractivity contribution in [2.24, 2.45) is 0 Å². The molecule has 38 heavy (non-hydrogen) atoms. The Morgan fingerprint density at radius 2 is 1.39 bits per heavy atom. The van der Waals surface area contributed by atoms with Crippen LogP contribution in [0.1, 0.15) is 17.2 Å². The number of carbonyl (C=O) groups excluding carboxylic acids is 2. The Balaban J connectivity index is 2.05. The van der Waals surface area contributed by atoms with E-state index in [-0.39, 0.29) is 34.1 Å². The summed E-state index contributed by atoms with van der Waals surface area (Å²) in [4.78, 5) is 28.1. The van der Waals surface area contributed by atoms with Crippen molar-refractivity contribution in [3.63, 3.8) is 0 Å². The van der Waals surface area contributed by atoms with E-state index in [1.54, 1.807) is 24.3 Å². The molecular weight excluding hydrogens is 497 g/mol. The van der Waals surface area contributed by atoms with Crippen LogP contribution in [-0.2, 0) is 9.59 Å². The van der Waals surface area contributed by atoms with Crippen LogP contribution in [-0.4, -0.2) is 52.3 Å². The zero-order valence-corrected chi connectivity index (χ0v) is 21.4. The highest BCUT2D eigenvalue weighted by atomic mass is 19.1. The third-order valence-corrected chi connectivity index (χ3v) is 6.21. The number of rotatable bonds is 8. The molecule has 3 aromatic rings. The van der Waals surface area contributed by atoms with Crippen LogP contribution in [0.3, 0.4) is 0 Å². The van der Waals surface area contributed by atoms with Crippen LogP contribution in [0, 0.1) is 5.82 Å². The van der Waals surface area contributed by atoms with E-state index in [2.05, 4.69) is 0 Å². The second-order valence-electron chi connectivity index (χ2n) is 8.17. The predicted octanol–water partition coefficient (Wildman–Crippen LogP) is 4.50. The van der Waals surface area contributed by atoms with E-state index in [9.17, 15) is 19.1 Å². The van der Waals surface area contributed by atoms with E-state index < -0.39 is 29.3 Å². The van der Waals surface area contributed by atoms with Gasteiger partial charge in [0, 0.05) is 5.69 Å². The molecule has 0 bridgehead atoms. The van der Waals surface area contributed by atoms with Crippen molar-refractivity contribution >= 4 is 23.1 Å². The van der Waals surface area contributed by atoms with Crippen LogP contribution < -0.4 is 28.6 Å². The average molecular weight is 524 g/mol. The first kappa shape index (κ1) is 26.3. The number of aliphatic hydroxyl groups is 1. The molecule has 1 N–H and O–H groups in total. The number of ether oxygens (including phenoxy) is 5. The summed E-state index contributed by atoms with van der Waals surface area (Å²) in [5.74, 6) is -1.39. The van der Waals surface area contributed by atoms with Gasteiger partial charge in [-0.05, 0) is 60.2 Å². The third-order valence-electron chi connectivity index (χ3n) is 6.21. The summed E-state index contributed by atoms with van der Waals surface area (Å²) in [5.41, 5.74) is 0.525. The van der Waals surface area contributed by atoms with E-state index in [0.717, 1.165) is 0 Å². The molecule has 0 saturated carbocycles. The Labute approximate surface area is 218 Å². The summed E-state index contributed by atoms with van der Waals surface area (Å²) < 4.78 is 40.8. The monoisotopic (exact) mass is 523 g/mol. The number of benzene rings is 3. The van der Waals surface area contributed by atoms with Gasteiger partial charge in [-0.25, -0.2) is 4.39 Å². The van der Waals surface area contributed by atoms with Gasteiger partial charge in [-0.3, -0.25) is 14.5 Å². The molecule has 1 heterocycles. The second kappa shape index (κ2) is 10.7. The zero-order valence-electron chi connectivity index (χ0n) is 21.4. The zero-order chi connectivity index (χ0) is 27.6. The Kier molecular flexibility index (Phi) is 7.43. The minimum Gasteiger partial charge on any atom is -0.507 e. The molecule has 1 amide bonds. The molecule has 1 aliphatic rings. The summed E-state index contributed by atoms with van der Waals surface area (Å²) in [6, 6.07) is 11.8. The fourth-order valence-corrected chi connectivity index (χ4v) is 4.42. The number of anilines is 1. The van der Waals surface area contributed by atoms with Gasteiger partial charge in [0.15, 0.2) is 11.5 Å². The van der Waals surface area contributed by atoms with Gasteiger partial charge in [0.1, 0.15) is 23.1 Å². The number of halogens is 1. The highest BCUT2D eigenvalue weighted by Gasteiger charge is 2.47. The number of hydrogen-bond donors (Lipinski definition) is 1. The van der Waals surface area contributed by atoms with Gasteiger partial charge in [-0.2, -0.15) is 0 Å². The van der Waals surface area contributed by atoms with E-state index >= 15 is 0 Å². The molecule has 1 fully saturated rings. The van der Waals surface area contributed by atoms with Gasteiger partial charge in [-0.15, -0.1) is 0 Å². The second-order valence-corrected chi connectivity index (χ2v) is 8.17. The number of carbonyl (C=O) groups is 2. The molecule has 0 spiro atoms. The Hall–Kier alpha value is -4.73. The van der Waals surface area contributed by atoms with Gasteiger partial charge in [-0.1, -0.05) is 0 Å². The smallest absolute Gasteiger partial charge is 0.300 e. The standard InChI is InChI=1S/C28H26FNO8/c1-34-18-10-11-20(35-2)19(14-18)25(31)23-24(15-12-21(36-3)27(38-5)22(13-15)37-4)30(28(33)26(23)32)17-8-6-16(29)7-9-17/h6-14,24,31H,1-5H3/b25-23+. The first-order valence-corrected chi connectivity index (χ1v) is 11.4. The Morgan fingerprint density at radius 1 is 0.789 bits per heavy atom. The van der Waals surface area contributed by atoms with E-state index in [1.165, 1.54) is 70.8 Å². The topological polar surface area (TPSA) is 104 Å². The van der Waals surface area contributed by atoms with Gasteiger partial charge in [0.05, 0.1) is 52.7 Å². The normalized spacial score (nSPS) is 16.4. The Morgan fingerprint density at radius 3 is 1.92 bits per heavy atom. The highest BCUT2D eigenvalue weighted by Crippen LogP contribution is 2.47. The number of ketones is 1. The summed E-state index contributed by atoms with van der Waals surface area (Å²) in [6.45, 7) is 0. The summed E-state index contributed by atoms with van der Waals surface area (Å²) in [6.07, 6.45) is 0. The van der Waals surface area contributed by atoms with Crippen LogP contribution in [0.15, 0.2) is 60.2 Å². The molecular formula is C28H26FNO8. The average Bonchev–Trinajstić information content (AvgIpc) is 3.21. The van der Waals surface area contributed by atoms with Crippen molar-refractivity contribution in [1.29, 1.82) is 0 Å². The van der Waals surface area contributed by atoms with Crippen LogP contribution >= 0.6 is 0 Å². The molecule has 10 heteroatoms. The molecule has 0 aromatic heterocycles. The molecule has 1 unspecified atom stereocenters. The van der Waals surface area contributed by atoms with Gasteiger partial charge < -0.3 is 28.8 Å². The molecule has 1 aliphatic heterocycles. The third kappa shape index (κ3) is 4.45. The van der Waals surface area contributed by atoms with Crippen molar-refractivity contribution in [3.8, 4) is 28.7 Å². The summed E-state index contributed by atoms with van der Waals surface area (Å²) in [5, 5.41) is 11.5. The summed E-state index contributed by atoms with van der Waals surface area (Å²) in [7, 11) is 7.17. The number of hydrogen-bond acceptors (Lipinski definition) is 8. The predicted molar refractivity (Wildman–Crippen MR) is 137 cm³/mol. The lowest BCUT2D eigenvalue weighted by atomic mass is 9.94. The van der Waals surface area contributed by atoms with Crippen molar-refractivity contribution in [2.45, 2.75) is 6.04 Å². The van der Waals surface area contributed by atoms with Crippen molar-refractivity contribution in [3.05, 3.63) is 77.1 Å². The number of Topliss-reactive ketones (excluding diaryl/α,β-unsaturated/α-hetero) is 1. The molecule has 0 radical (unpaired) electrons. The minimum absolute atomic E-state index is 0.140. The summed E-state index contributed by atoms with van der Waals surface area (Å²) >= 11 is 0. The first-order valence-electron chi connectivity index (χ1n) is 11.4. The van der Waals surface area contributed by atoms with Gasteiger partial charge in [0.2, 0.25) is 5.75 Å². The fourth-order valence-electron chi connectivity index (χ4n) is 4.42. The van der Waals surface area contributed by atoms with Crippen molar-refractivity contribution in [2.75, 3.05) is 40.4 Å². The SMILES string of the molecule is COc1ccc(OC)c(/C(O)=C2\C(=O)C(=O)N(c3ccc(F)cc3)C2c2cc(OC)c(OC)c(OC)c2)c1. The first-order chi connectivity index (χ1) is 18.3. The number of amides is 1. The maximum Gasteiger partial charge on any atom is 0.300 e. The van der Waals surface area contributed by atoms with Crippen molar-refractivity contribution in [1.82, 2.24) is 0 Å². The molecule has 1 atom stereocenters. The van der Waals surface area contributed by atoms with E-state index in [0.29, 0.717) is 17.1 Å². The van der Waals surface area contributed by atoms with Crippen LogP contribution in [0.5, 0.6) is 28.7 Å². The van der Waals surface area contributed by atoms with E-state index in [1.807, 2.05) is 0 Å². The molecule has 4 rings (SSSR count). The number of nitrogens with zero attached hydrogens (tertiary/aromatic N) is 1.